The number of nitrogens with two attached hydrogens (primary N) is 1. The van der Waals surface area contributed by atoms with Gasteiger partial charge in [0.15, 0.2) is 11.5 Å². The lowest BCUT2D eigenvalue weighted by Crippen LogP contribution is -2.29. The van der Waals surface area contributed by atoms with Gasteiger partial charge >= 0.3 is 5.97 Å². The minimum absolute atomic E-state index is 0.102. The Morgan fingerprint density at radius 3 is 2.67 bits per heavy atom. The maximum absolute atomic E-state index is 10.5. The largest absolute Gasteiger partial charge is 0.504 e. The molecule has 0 aliphatic heterocycles. The van der Waals surface area contributed by atoms with E-state index in [4.69, 9.17) is 16.2 Å². The number of carboxylic acids is 1. The van der Waals surface area contributed by atoms with E-state index < -0.39 is 12.0 Å². The van der Waals surface area contributed by atoms with Crippen LogP contribution >= 0.6 is 0 Å². The number of carbonyl (C=O) groups is 1. The van der Waals surface area contributed by atoms with Crippen molar-refractivity contribution in [2.45, 2.75) is 12.5 Å². The van der Waals surface area contributed by atoms with Crippen LogP contribution in [0.15, 0.2) is 18.2 Å². The average molecular weight is 250 g/mol. The first-order chi connectivity index (χ1) is 8.45. The van der Waals surface area contributed by atoms with Gasteiger partial charge in [-0.15, -0.1) is 0 Å². The Morgan fingerprint density at radius 1 is 1.44 bits per heavy atom. The standard InChI is InChI=1S/C12H14N2O4/c13-6-7-4-8(11(16)10(15)5-7)2-1-3-9(14)12(17)18/h1-2,4-6,9,13,15-16H,3,14H2,(H,17,18)/b2-1+,13-6?. The van der Waals surface area contributed by atoms with E-state index in [9.17, 15) is 15.0 Å². The fourth-order valence-electron chi connectivity index (χ4n) is 1.32. The molecule has 0 spiro atoms. The van der Waals surface area contributed by atoms with Gasteiger partial charge in [0, 0.05) is 11.8 Å². The number of benzene rings is 1. The summed E-state index contributed by atoms with van der Waals surface area (Å²) in [4.78, 5) is 10.5. The number of rotatable bonds is 5. The van der Waals surface area contributed by atoms with Gasteiger partial charge in [-0.3, -0.25) is 4.79 Å². The van der Waals surface area contributed by atoms with Crippen LogP contribution in [0.4, 0.5) is 0 Å². The molecule has 0 heterocycles. The summed E-state index contributed by atoms with van der Waals surface area (Å²) in [5, 5.41) is 34.6. The molecule has 6 heteroatoms. The third-order valence-electron chi connectivity index (χ3n) is 2.31. The second-order valence-electron chi connectivity index (χ2n) is 3.71. The highest BCUT2D eigenvalue weighted by Gasteiger charge is 2.09. The predicted octanol–water partition coefficient (Wildman–Crippen LogP) is 0.911. The molecule has 0 aliphatic rings. The van der Waals surface area contributed by atoms with Crippen LogP contribution in [0.1, 0.15) is 17.5 Å². The van der Waals surface area contributed by atoms with E-state index in [-0.39, 0.29) is 17.9 Å². The predicted molar refractivity (Wildman–Crippen MR) is 66.9 cm³/mol. The molecule has 18 heavy (non-hydrogen) atoms. The molecule has 96 valence electrons. The van der Waals surface area contributed by atoms with E-state index in [1.54, 1.807) is 0 Å². The topological polar surface area (TPSA) is 128 Å². The summed E-state index contributed by atoms with van der Waals surface area (Å²) >= 11 is 0. The van der Waals surface area contributed by atoms with E-state index in [0.717, 1.165) is 6.21 Å². The van der Waals surface area contributed by atoms with Crippen molar-refractivity contribution in [3.63, 3.8) is 0 Å². The van der Waals surface area contributed by atoms with Crippen LogP contribution in [0.5, 0.6) is 11.5 Å². The van der Waals surface area contributed by atoms with Crippen LogP contribution in [0.2, 0.25) is 0 Å². The van der Waals surface area contributed by atoms with Crippen molar-refractivity contribution < 1.29 is 20.1 Å². The van der Waals surface area contributed by atoms with Crippen molar-refractivity contribution in [2.75, 3.05) is 0 Å². The number of aliphatic carboxylic acids is 1. The number of carboxylic acid groups (broad SMARTS) is 1. The smallest absolute Gasteiger partial charge is 0.320 e. The van der Waals surface area contributed by atoms with Gasteiger partial charge in [-0.05, 0) is 24.1 Å². The minimum atomic E-state index is -1.11. The molecule has 0 aliphatic carbocycles. The molecule has 0 radical (unpaired) electrons. The molecule has 0 bridgehead atoms. The molecule has 1 aromatic carbocycles. The Bertz CT molecular complexity index is 497. The van der Waals surface area contributed by atoms with Gasteiger partial charge in [0.25, 0.3) is 0 Å². The molecule has 6 N–H and O–H groups in total. The molecule has 0 fully saturated rings. The molecular formula is C12H14N2O4. The first-order valence-corrected chi connectivity index (χ1v) is 5.17. The van der Waals surface area contributed by atoms with Crippen molar-refractivity contribution in [1.29, 1.82) is 5.41 Å². The number of hydrogen-bond donors (Lipinski definition) is 5. The zero-order chi connectivity index (χ0) is 13.7. The third-order valence-corrected chi connectivity index (χ3v) is 2.31. The highest BCUT2D eigenvalue weighted by Crippen LogP contribution is 2.30. The Labute approximate surface area is 104 Å². The normalized spacial score (nSPS) is 12.5. The summed E-state index contributed by atoms with van der Waals surface area (Å²) < 4.78 is 0. The van der Waals surface area contributed by atoms with E-state index >= 15 is 0 Å². The second-order valence-corrected chi connectivity index (χ2v) is 3.71. The number of phenols is 2. The first-order valence-electron chi connectivity index (χ1n) is 5.17. The van der Waals surface area contributed by atoms with Crippen molar-refractivity contribution in [3.8, 4) is 11.5 Å². The monoisotopic (exact) mass is 250 g/mol. The van der Waals surface area contributed by atoms with Crippen LogP contribution in [0.25, 0.3) is 6.08 Å². The summed E-state index contributed by atoms with van der Waals surface area (Å²) in [6.07, 6.45) is 4.07. The maximum Gasteiger partial charge on any atom is 0.320 e. The van der Waals surface area contributed by atoms with Gasteiger partial charge in [-0.2, -0.15) is 0 Å². The number of hydrogen-bond acceptors (Lipinski definition) is 5. The summed E-state index contributed by atoms with van der Waals surface area (Å²) in [7, 11) is 0. The number of aromatic hydroxyl groups is 2. The van der Waals surface area contributed by atoms with Gasteiger partial charge in [0.1, 0.15) is 6.04 Å². The minimum Gasteiger partial charge on any atom is -0.504 e. The molecule has 6 nitrogen and oxygen atoms in total. The lowest BCUT2D eigenvalue weighted by atomic mass is 10.1. The number of phenolic OH excluding ortho intramolecular Hbond substituents is 2. The molecular weight excluding hydrogens is 236 g/mol. The van der Waals surface area contributed by atoms with Gasteiger partial charge in [0.2, 0.25) is 0 Å². The third kappa shape index (κ3) is 3.33. The van der Waals surface area contributed by atoms with Gasteiger partial charge < -0.3 is 26.5 Å². The zero-order valence-electron chi connectivity index (χ0n) is 9.50. The number of nitrogens with one attached hydrogen (secondary N) is 1. The van der Waals surface area contributed by atoms with Crippen LogP contribution in [0, 0.1) is 5.41 Å². The van der Waals surface area contributed by atoms with Gasteiger partial charge in [0.05, 0.1) is 0 Å². The quantitative estimate of drug-likeness (QED) is 0.392. The SMILES string of the molecule is N=Cc1cc(O)c(O)c(/C=C/CC(N)C(=O)O)c1. The van der Waals surface area contributed by atoms with Crippen molar-refractivity contribution in [1.82, 2.24) is 0 Å². The molecule has 0 amide bonds. The molecule has 0 saturated heterocycles. The van der Waals surface area contributed by atoms with E-state index in [2.05, 4.69) is 0 Å². The molecule has 1 rings (SSSR count). The molecule has 1 atom stereocenters. The molecule has 0 saturated carbocycles. The van der Waals surface area contributed by atoms with Crippen LogP contribution in [0.3, 0.4) is 0 Å². The van der Waals surface area contributed by atoms with E-state index in [1.165, 1.54) is 24.3 Å². The fourth-order valence-corrected chi connectivity index (χ4v) is 1.32. The zero-order valence-corrected chi connectivity index (χ0v) is 9.50. The highest BCUT2D eigenvalue weighted by atomic mass is 16.4. The fraction of sp³-hybridized carbons (Fsp3) is 0.167. The van der Waals surface area contributed by atoms with Gasteiger partial charge in [-0.1, -0.05) is 12.2 Å². The summed E-state index contributed by atoms with van der Waals surface area (Å²) in [5.74, 6) is -1.76. The first kappa shape index (κ1) is 13.7. The average Bonchev–Trinajstić information content (AvgIpc) is 2.33. The Morgan fingerprint density at radius 2 is 2.11 bits per heavy atom. The second kappa shape index (κ2) is 5.83. The molecule has 1 unspecified atom stereocenters. The van der Waals surface area contributed by atoms with Crippen molar-refractivity contribution in [3.05, 3.63) is 29.3 Å². The van der Waals surface area contributed by atoms with Gasteiger partial charge in [-0.25, -0.2) is 0 Å². The van der Waals surface area contributed by atoms with Crippen molar-refractivity contribution >= 4 is 18.3 Å². The summed E-state index contributed by atoms with van der Waals surface area (Å²) in [5.41, 5.74) is 6.03. The van der Waals surface area contributed by atoms with E-state index in [0.29, 0.717) is 11.1 Å². The molecule has 0 aromatic heterocycles. The lowest BCUT2D eigenvalue weighted by molar-refractivity contribution is -0.138. The van der Waals surface area contributed by atoms with Crippen LogP contribution in [-0.4, -0.2) is 33.5 Å². The lowest BCUT2D eigenvalue weighted by Gasteiger charge is -2.05. The summed E-state index contributed by atoms with van der Waals surface area (Å²) in [6, 6.07) is 1.73. The van der Waals surface area contributed by atoms with Crippen LogP contribution < -0.4 is 5.73 Å². The Hall–Kier alpha value is -2.34. The maximum atomic E-state index is 10.5. The molecule has 1 aromatic rings. The Balaban J connectivity index is 2.90. The van der Waals surface area contributed by atoms with E-state index in [1.807, 2.05) is 0 Å². The van der Waals surface area contributed by atoms with Crippen molar-refractivity contribution in [2.24, 2.45) is 5.73 Å². The Kier molecular flexibility index (Phi) is 4.45. The highest BCUT2D eigenvalue weighted by molar-refractivity contribution is 5.81. The summed E-state index contributed by atoms with van der Waals surface area (Å²) in [6.45, 7) is 0. The van der Waals surface area contributed by atoms with Crippen LogP contribution in [-0.2, 0) is 4.79 Å².